The summed E-state index contributed by atoms with van der Waals surface area (Å²) in [7, 11) is -1.39. The molecule has 1 fully saturated rings. The van der Waals surface area contributed by atoms with E-state index in [2.05, 4.69) is 16.0 Å². The molecule has 34 heavy (non-hydrogen) atoms. The van der Waals surface area contributed by atoms with Crippen LogP contribution in [0, 0.1) is 0 Å². The molecule has 9 heteroatoms. The fourth-order valence-corrected chi connectivity index (χ4v) is 6.41. The molecular formula is C25H23N5O3S. The second kappa shape index (κ2) is 7.66. The molecule has 2 aliphatic heterocycles. The topological polar surface area (TPSA) is 88.4 Å². The van der Waals surface area contributed by atoms with Gasteiger partial charge in [0.2, 0.25) is 10.0 Å². The molecule has 3 aromatic heterocycles. The van der Waals surface area contributed by atoms with E-state index in [9.17, 15) is 13.2 Å². The number of carbonyl (C=O) groups is 1. The zero-order valence-corrected chi connectivity index (χ0v) is 19.5. The van der Waals surface area contributed by atoms with Crippen molar-refractivity contribution in [1.82, 2.24) is 19.4 Å². The number of benzene rings is 1. The van der Waals surface area contributed by atoms with Gasteiger partial charge in [0.1, 0.15) is 11.3 Å². The second-order valence-electron chi connectivity index (χ2n) is 8.75. The predicted octanol–water partition coefficient (Wildman–Crippen LogP) is 3.39. The second-order valence-corrected chi connectivity index (χ2v) is 10.8. The maximum absolute atomic E-state index is 12.7. The third-order valence-corrected chi connectivity index (χ3v) is 8.53. The Bertz CT molecular complexity index is 1540. The molecule has 172 valence electrons. The van der Waals surface area contributed by atoms with Crippen LogP contribution >= 0.6 is 0 Å². The summed E-state index contributed by atoms with van der Waals surface area (Å²) >= 11 is 0. The minimum Gasteiger partial charge on any atom is -0.339 e. The van der Waals surface area contributed by atoms with Crippen molar-refractivity contribution in [2.24, 2.45) is 0 Å². The molecule has 0 unspecified atom stereocenters. The van der Waals surface area contributed by atoms with Gasteiger partial charge in [0.15, 0.2) is 0 Å². The molecular weight excluding hydrogens is 450 g/mol. The number of sulfonamides is 1. The molecule has 0 N–H and O–H groups in total. The highest BCUT2D eigenvalue weighted by Gasteiger charge is 2.28. The normalized spacial score (nSPS) is 17.4. The Morgan fingerprint density at radius 2 is 1.71 bits per heavy atom. The first-order valence-corrected chi connectivity index (χ1v) is 12.8. The Kier molecular flexibility index (Phi) is 4.70. The highest BCUT2D eigenvalue weighted by molar-refractivity contribution is 7.93. The van der Waals surface area contributed by atoms with Crippen molar-refractivity contribution in [1.29, 1.82) is 0 Å². The number of hydrogen-bond donors (Lipinski definition) is 0. The van der Waals surface area contributed by atoms with Gasteiger partial charge in [-0.1, -0.05) is 12.1 Å². The third-order valence-electron chi connectivity index (χ3n) is 6.66. The highest BCUT2D eigenvalue weighted by Crippen LogP contribution is 2.34. The van der Waals surface area contributed by atoms with E-state index in [0.717, 1.165) is 39.8 Å². The average Bonchev–Trinajstić information content (AvgIpc) is 3.41. The number of aromatic nitrogens is 3. The minimum absolute atomic E-state index is 0.00202. The largest absolute Gasteiger partial charge is 0.339 e. The lowest BCUT2D eigenvalue weighted by Crippen LogP contribution is -2.36. The van der Waals surface area contributed by atoms with Gasteiger partial charge >= 0.3 is 0 Å². The molecule has 0 atom stereocenters. The van der Waals surface area contributed by atoms with Crippen molar-refractivity contribution in [2.75, 3.05) is 30.2 Å². The van der Waals surface area contributed by atoms with Crippen LogP contribution in [0.1, 0.15) is 16.9 Å². The van der Waals surface area contributed by atoms with Gasteiger partial charge in [0.25, 0.3) is 5.91 Å². The Hall–Kier alpha value is -3.72. The van der Waals surface area contributed by atoms with Gasteiger partial charge in [-0.15, -0.1) is 0 Å². The molecule has 0 spiro atoms. The molecule has 4 aromatic rings. The number of fused-ring (bicyclic) bond motifs is 3. The number of carbonyl (C=O) groups excluding carboxylic acids is 1. The van der Waals surface area contributed by atoms with E-state index in [1.54, 1.807) is 17.3 Å². The van der Waals surface area contributed by atoms with Crippen LogP contribution in [0.25, 0.3) is 33.3 Å². The van der Waals surface area contributed by atoms with Crippen LogP contribution < -0.4 is 4.31 Å². The summed E-state index contributed by atoms with van der Waals surface area (Å²) in [6.07, 6.45) is 6.04. The molecule has 0 radical (unpaired) electrons. The number of nitrogens with zero attached hydrogens (tertiary/aromatic N) is 5. The lowest BCUT2D eigenvalue weighted by atomic mass is 10.0. The lowest BCUT2D eigenvalue weighted by Gasteiger charge is -2.24. The van der Waals surface area contributed by atoms with E-state index in [0.29, 0.717) is 30.9 Å². The fourth-order valence-electron chi connectivity index (χ4n) is 4.85. The summed E-state index contributed by atoms with van der Waals surface area (Å²) in [4.78, 5) is 23.4. The Morgan fingerprint density at radius 3 is 2.47 bits per heavy atom. The third kappa shape index (κ3) is 3.27. The van der Waals surface area contributed by atoms with Gasteiger partial charge < -0.3 is 9.47 Å². The Morgan fingerprint density at radius 1 is 0.912 bits per heavy atom. The van der Waals surface area contributed by atoms with Gasteiger partial charge in [0, 0.05) is 61.8 Å². The Balaban J connectivity index is 1.38. The first-order valence-electron chi connectivity index (χ1n) is 11.2. The highest BCUT2D eigenvalue weighted by atomic mass is 32.2. The molecule has 2 aliphatic rings. The smallest absolute Gasteiger partial charge is 0.270 e. The van der Waals surface area contributed by atoms with Gasteiger partial charge in [-0.2, -0.15) is 0 Å². The first kappa shape index (κ1) is 20.9. The maximum atomic E-state index is 12.7. The molecule has 0 aliphatic carbocycles. The van der Waals surface area contributed by atoms with Crippen LogP contribution in [0.4, 0.5) is 5.69 Å². The molecule has 8 nitrogen and oxygen atoms in total. The zero-order chi connectivity index (χ0) is 23.4. The number of rotatable bonds is 3. The van der Waals surface area contributed by atoms with Gasteiger partial charge in [-0.3, -0.25) is 14.1 Å². The predicted molar refractivity (Wildman–Crippen MR) is 131 cm³/mol. The van der Waals surface area contributed by atoms with Crippen LogP contribution in [-0.4, -0.2) is 59.6 Å². The summed E-state index contributed by atoms with van der Waals surface area (Å²) in [5, 5.41) is 0.926. The average molecular weight is 474 g/mol. The van der Waals surface area contributed by atoms with Crippen molar-refractivity contribution in [3.05, 3.63) is 66.7 Å². The van der Waals surface area contributed by atoms with E-state index in [-0.39, 0.29) is 11.7 Å². The van der Waals surface area contributed by atoms with E-state index < -0.39 is 10.0 Å². The number of likely N-dealkylation sites (N-methyl/N-ethyl adjacent to an activating group) is 1. The van der Waals surface area contributed by atoms with E-state index in [1.807, 2.05) is 54.2 Å². The van der Waals surface area contributed by atoms with Gasteiger partial charge in [-0.05, 0) is 47.9 Å². The lowest BCUT2D eigenvalue weighted by molar-refractivity contribution is 0.0751. The zero-order valence-electron chi connectivity index (χ0n) is 18.7. The number of amides is 1. The summed E-state index contributed by atoms with van der Waals surface area (Å²) in [5.41, 5.74) is 5.92. The number of hydrogen-bond acceptors (Lipinski definition) is 5. The molecule has 1 amide bonds. The van der Waals surface area contributed by atoms with Gasteiger partial charge in [0.05, 0.1) is 11.4 Å². The molecule has 0 bridgehead atoms. The molecule has 6 rings (SSSR count). The maximum Gasteiger partial charge on any atom is 0.270 e. The summed E-state index contributed by atoms with van der Waals surface area (Å²) in [6.45, 7) is 1.90. The van der Waals surface area contributed by atoms with Crippen molar-refractivity contribution in [3.63, 3.8) is 0 Å². The van der Waals surface area contributed by atoms with E-state index in [1.165, 1.54) is 4.31 Å². The van der Waals surface area contributed by atoms with Crippen molar-refractivity contribution < 1.29 is 13.2 Å². The quantitative estimate of drug-likeness (QED) is 0.455. The van der Waals surface area contributed by atoms with E-state index >= 15 is 0 Å². The van der Waals surface area contributed by atoms with Crippen molar-refractivity contribution >= 4 is 32.7 Å². The van der Waals surface area contributed by atoms with Crippen LogP contribution in [0.2, 0.25) is 0 Å². The van der Waals surface area contributed by atoms with Crippen molar-refractivity contribution in [2.45, 2.75) is 13.0 Å². The SMILES string of the molecule is CN1CCn2c(cc3c(-c4cncc(-c5ccc(N6CCCS6(=O)=O)cc5)c4)ccnc32)C1=O. The van der Waals surface area contributed by atoms with Gasteiger partial charge in [-0.25, -0.2) is 13.4 Å². The monoisotopic (exact) mass is 473 g/mol. The molecule has 0 saturated carbocycles. The standard InChI is InChI=1S/C25H23N5O3S/c1-28-10-11-29-23(25(28)31)14-22-21(7-8-27-24(22)29)19-13-18(15-26-16-19)17-3-5-20(6-4-17)30-9-2-12-34(30,32)33/h3-8,13-16H,2,9-12H2,1H3. The first-order chi connectivity index (χ1) is 16.4. The fraction of sp³-hybridized carbons (Fsp3) is 0.240. The van der Waals surface area contributed by atoms with E-state index in [4.69, 9.17) is 0 Å². The van der Waals surface area contributed by atoms with Crippen LogP contribution in [0.5, 0.6) is 0 Å². The van der Waals surface area contributed by atoms with Crippen LogP contribution in [-0.2, 0) is 16.6 Å². The van der Waals surface area contributed by atoms with Crippen molar-refractivity contribution in [3.8, 4) is 22.3 Å². The summed E-state index contributed by atoms with van der Waals surface area (Å²) in [5.74, 6) is 0.203. The van der Waals surface area contributed by atoms with Crippen LogP contribution in [0.3, 0.4) is 0 Å². The molecule has 5 heterocycles. The Labute approximate surface area is 197 Å². The minimum atomic E-state index is -3.20. The molecule has 1 saturated heterocycles. The van der Waals surface area contributed by atoms with Crippen LogP contribution in [0.15, 0.2) is 61.1 Å². The molecule has 1 aromatic carbocycles. The number of anilines is 1. The summed E-state index contributed by atoms with van der Waals surface area (Å²) in [6, 6.07) is 13.5. The summed E-state index contributed by atoms with van der Waals surface area (Å²) < 4.78 is 27.9. The number of pyridine rings is 2.